The molecule has 1 heterocycles. The number of aliphatic hydroxyl groups is 1. The number of pyridine rings is 1. The van der Waals surface area contributed by atoms with Gasteiger partial charge in [-0.2, -0.15) is 0 Å². The van der Waals surface area contributed by atoms with Gasteiger partial charge in [0.25, 0.3) is 0 Å². The van der Waals surface area contributed by atoms with E-state index in [9.17, 15) is 0 Å². The van der Waals surface area contributed by atoms with Crippen LogP contribution in [-0.2, 0) is 0 Å². The minimum Gasteiger partial charge on any atom is -0.392 e. The van der Waals surface area contributed by atoms with Gasteiger partial charge in [-0.25, -0.2) is 4.98 Å². The summed E-state index contributed by atoms with van der Waals surface area (Å²) in [7, 11) is 0. The molecule has 1 aromatic heterocycles. The predicted octanol–water partition coefficient (Wildman–Crippen LogP) is 1.53. The lowest BCUT2D eigenvalue weighted by atomic mass is 10.4. The minimum atomic E-state index is -0.400. The van der Waals surface area contributed by atoms with Gasteiger partial charge in [-0.1, -0.05) is 11.6 Å². The van der Waals surface area contributed by atoms with Gasteiger partial charge in [0.15, 0.2) is 0 Å². The minimum absolute atomic E-state index is 0.400. The third-order valence-corrected chi connectivity index (χ3v) is 1.63. The fourth-order valence-corrected chi connectivity index (χ4v) is 0.948. The topological polar surface area (TPSA) is 45.1 Å². The summed E-state index contributed by atoms with van der Waals surface area (Å²) in [6, 6.07) is 3.51. The van der Waals surface area contributed by atoms with Gasteiger partial charge in [0.05, 0.1) is 11.1 Å². The van der Waals surface area contributed by atoms with Crippen LogP contribution in [-0.4, -0.2) is 22.7 Å². The molecule has 0 aliphatic heterocycles. The highest BCUT2D eigenvalue weighted by Gasteiger charge is 2.00. The number of nitrogens with one attached hydrogen (secondary N) is 1. The molecular formula is C8H11ClN2O. The Balaban J connectivity index is 2.57. The van der Waals surface area contributed by atoms with Crippen LogP contribution in [0.4, 0.5) is 5.82 Å². The van der Waals surface area contributed by atoms with Crippen molar-refractivity contribution in [3.8, 4) is 0 Å². The average molecular weight is 187 g/mol. The predicted molar refractivity (Wildman–Crippen MR) is 49.4 cm³/mol. The van der Waals surface area contributed by atoms with Gasteiger partial charge in [0.1, 0.15) is 5.82 Å². The van der Waals surface area contributed by atoms with Crippen LogP contribution < -0.4 is 5.32 Å². The second-order valence-corrected chi connectivity index (χ2v) is 2.97. The van der Waals surface area contributed by atoms with Crippen LogP contribution in [0.3, 0.4) is 0 Å². The zero-order chi connectivity index (χ0) is 8.97. The normalized spacial score (nSPS) is 12.6. The van der Waals surface area contributed by atoms with E-state index in [0.29, 0.717) is 17.4 Å². The highest BCUT2D eigenvalue weighted by atomic mass is 35.5. The van der Waals surface area contributed by atoms with Crippen molar-refractivity contribution in [3.05, 3.63) is 23.4 Å². The van der Waals surface area contributed by atoms with Gasteiger partial charge in [0, 0.05) is 12.7 Å². The van der Waals surface area contributed by atoms with Gasteiger partial charge in [-0.3, -0.25) is 0 Å². The summed E-state index contributed by atoms with van der Waals surface area (Å²) in [6.45, 7) is 2.15. The molecule has 1 atom stereocenters. The average Bonchev–Trinajstić information content (AvgIpc) is 2.03. The first-order chi connectivity index (χ1) is 5.70. The Hall–Kier alpha value is -0.800. The molecule has 1 unspecified atom stereocenters. The SMILES string of the molecule is CC(O)CNc1ncccc1Cl. The van der Waals surface area contributed by atoms with Crippen molar-refractivity contribution in [1.82, 2.24) is 4.98 Å². The van der Waals surface area contributed by atoms with Crippen molar-refractivity contribution in [1.29, 1.82) is 0 Å². The Kier molecular flexibility index (Phi) is 3.31. The van der Waals surface area contributed by atoms with Crippen molar-refractivity contribution >= 4 is 17.4 Å². The number of rotatable bonds is 3. The molecule has 0 radical (unpaired) electrons. The summed E-state index contributed by atoms with van der Waals surface area (Å²) in [5.74, 6) is 0.611. The van der Waals surface area contributed by atoms with Crippen molar-refractivity contribution in [2.45, 2.75) is 13.0 Å². The van der Waals surface area contributed by atoms with Crippen LogP contribution in [0.1, 0.15) is 6.92 Å². The summed E-state index contributed by atoms with van der Waals surface area (Å²) >= 11 is 5.80. The summed E-state index contributed by atoms with van der Waals surface area (Å²) in [5, 5.41) is 12.5. The van der Waals surface area contributed by atoms with Crippen molar-refractivity contribution in [3.63, 3.8) is 0 Å². The maximum absolute atomic E-state index is 8.97. The summed E-state index contributed by atoms with van der Waals surface area (Å²) in [5.41, 5.74) is 0. The first kappa shape index (κ1) is 9.29. The highest BCUT2D eigenvalue weighted by molar-refractivity contribution is 6.32. The van der Waals surface area contributed by atoms with Crippen LogP contribution in [0, 0.1) is 0 Å². The third kappa shape index (κ3) is 2.68. The molecule has 0 aliphatic rings. The fraction of sp³-hybridized carbons (Fsp3) is 0.375. The molecule has 0 bridgehead atoms. The fourth-order valence-electron chi connectivity index (χ4n) is 0.760. The molecule has 0 spiro atoms. The summed E-state index contributed by atoms with van der Waals surface area (Å²) < 4.78 is 0. The van der Waals surface area contributed by atoms with Gasteiger partial charge in [-0.05, 0) is 19.1 Å². The monoisotopic (exact) mass is 186 g/mol. The molecule has 1 rings (SSSR count). The Morgan fingerprint density at radius 2 is 2.50 bits per heavy atom. The number of halogens is 1. The third-order valence-electron chi connectivity index (χ3n) is 1.32. The lowest BCUT2D eigenvalue weighted by molar-refractivity contribution is 0.208. The zero-order valence-corrected chi connectivity index (χ0v) is 7.54. The molecule has 12 heavy (non-hydrogen) atoms. The van der Waals surface area contributed by atoms with Crippen molar-refractivity contribution < 1.29 is 5.11 Å². The van der Waals surface area contributed by atoms with E-state index in [0.717, 1.165) is 0 Å². The molecule has 0 fully saturated rings. The van der Waals surface area contributed by atoms with E-state index >= 15 is 0 Å². The van der Waals surface area contributed by atoms with Gasteiger partial charge in [0.2, 0.25) is 0 Å². The standard InChI is InChI=1S/C8H11ClN2O/c1-6(12)5-11-8-7(9)3-2-4-10-8/h2-4,6,12H,5H2,1H3,(H,10,11). The second kappa shape index (κ2) is 4.28. The molecule has 2 N–H and O–H groups in total. The molecule has 0 saturated heterocycles. The Bertz CT molecular complexity index is 253. The summed E-state index contributed by atoms with van der Waals surface area (Å²) in [6.07, 6.45) is 1.25. The van der Waals surface area contributed by atoms with Gasteiger partial charge in [-0.15, -0.1) is 0 Å². The Labute approximate surface area is 76.4 Å². The Morgan fingerprint density at radius 1 is 1.75 bits per heavy atom. The van der Waals surface area contributed by atoms with E-state index < -0.39 is 6.10 Å². The molecule has 0 saturated carbocycles. The van der Waals surface area contributed by atoms with E-state index in [4.69, 9.17) is 16.7 Å². The molecular weight excluding hydrogens is 176 g/mol. The van der Waals surface area contributed by atoms with Crippen molar-refractivity contribution in [2.24, 2.45) is 0 Å². The molecule has 0 amide bonds. The maximum atomic E-state index is 8.97. The molecule has 0 aliphatic carbocycles. The number of hydrogen-bond acceptors (Lipinski definition) is 3. The van der Waals surface area contributed by atoms with E-state index in [1.807, 2.05) is 0 Å². The number of hydrogen-bond donors (Lipinski definition) is 2. The molecule has 1 aromatic rings. The zero-order valence-electron chi connectivity index (χ0n) is 6.79. The first-order valence-electron chi connectivity index (χ1n) is 3.72. The van der Waals surface area contributed by atoms with Crippen LogP contribution in [0.25, 0.3) is 0 Å². The van der Waals surface area contributed by atoms with E-state index in [2.05, 4.69) is 10.3 Å². The van der Waals surface area contributed by atoms with E-state index in [1.54, 1.807) is 25.3 Å². The van der Waals surface area contributed by atoms with Gasteiger partial charge < -0.3 is 10.4 Å². The van der Waals surface area contributed by atoms with E-state index in [1.165, 1.54) is 0 Å². The van der Waals surface area contributed by atoms with Crippen LogP contribution in [0.5, 0.6) is 0 Å². The molecule has 4 heteroatoms. The second-order valence-electron chi connectivity index (χ2n) is 2.56. The largest absolute Gasteiger partial charge is 0.392 e. The lowest BCUT2D eigenvalue weighted by Gasteiger charge is -2.07. The van der Waals surface area contributed by atoms with E-state index in [-0.39, 0.29) is 0 Å². The lowest BCUT2D eigenvalue weighted by Crippen LogP contribution is -2.16. The number of aliphatic hydroxyl groups excluding tert-OH is 1. The quantitative estimate of drug-likeness (QED) is 0.753. The highest BCUT2D eigenvalue weighted by Crippen LogP contribution is 2.16. The number of aromatic nitrogens is 1. The smallest absolute Gasteiger partial charge is 0.144 e. The van der Waals surface area contributed by atoms with Crippen LogP contribution >= 0.6 is 11.6 Å². The molecule has 66 valence electrons. The van der Waals surface area contributed by atoms with Crippen molar-refractivity contribution in [2.75, 3.05) is 11.9 Å². The maximum Gasteiger partial charge on any atom is 0.144 e. The first-order valence-corrected chi connectivity index (χ1v) is 4.10. The number of anilines is 1. The van der Waals surface area contributed by atoms with Crippen LogP contribution in [0.15, 0.2) is 18.3 Å². The molecule has 3 nitrogen and oxygen atoms in total. The summed E-state index contributed by atoms with van der Waals surface area (Å²) in [4.78, 5) is 4.00. The Morgan fingerprint density at radius 3 is 3.08 bits per heavy atom. The van der Waals surface area contributed by atoms with Gasteiger partial charge >= 0.3 is 0 Å². The molecule has 0 aromatic carbocycles. The van der Waals surface area contributed by atoms with Crippen LogP contribution in [0.2, 0.25) is 5.02 Å². The number of nitrogens with zero attached hydrogens (tertiary/aromatic N) is 1.